The Morgan fingerprint density at radius 2 is 1.81 bits per heavy atom. The quantitative estimate of drug-likeness (QED) is 0.540. The van der Waals surface area contributed by atoms with E-state index in [2.05, 4.69) is 32.2 Å². The van der Waals surface area contributed by atoms with Crippen LogP contribution in [-0.4, -0.2) is 48.6 Å². The highest BCUT2D eigenvalue weighted by molar-refractivity contribution is 5.94. The Balaban J connectivity index is 1.34. The molecule has 32 heavy (non-hydrogen) atoms. The van der Waals surface area contributed by atoms with Crippen LogP contribution in [0.1, 0.15) is 31.2 Å². The average Bonchev–Trinajstić information content (AvgIpc) is 3.22. The van der Waals surface area contributed by atoms with Gasteiger partial charge in [-0.2, -0.15) is 8.78 Å². The molecule has 1 aromatic heterocycles. The number of ether oxygens (including phenoxy) is 2. The molecule has 1 atom stereocenters. The van der Waals surface area contributed by atoms with E-state index in [4.69, 9.17) is 4.74 Å². The number of aromatic amines is 1. The van der Waals surface area contributed by atoms with Crippen LogP contribution in [0.25, 0.3) is 10.9 Å². The zero-order valence-electron chi connectivity index (χ0n) is 18.1. The van der Waals surface area contributed by atoms with E-state index in [0.29, 0.717) is 11.6 Å². The summed E-state index contributed by atoms with van der Waals surface area (Å²) in [6, 6.07) is 11.7. The number of likely N-dealkylation sites (tertiary alicyclic amines) is 1. The lowest BCUT2D eigenvalue weighted by molar-refractivity contribution is -0.121. The van der Waals surface area contributed by atoms with Gasteiger partial charge in [-0.15, -0.1) is 0 Å². The first-order valence-electron chi connectivity index (χ1n) is 10.7. The number of nitrogens with zero attached hydrogens (tertiary/aromatic N) is 1. The van der Waals surface area contributed by atoms with Gasteiger partial charge in [-0.1, -0.05) is 0 Å². The van der Waals surface area contributed by atoms with Crippen molar-refractivity contribution < 1.29 is 23.0 Å². The summed E-state index contributed by atoms with van der Waals surface area (Å²) >= 11 is 0. The van der Waals surface area contributed by atoms with Crippen LogP contribution in [0.15, 0.2) is 48.7 Å². The Bertz CT molecular complexity index is 1060. The predicted octanol–water partition coefficient (Wildman–Crippen LogP) is 4.98. The zero-order valence-corrected chi connectivity index (χ0v) is 18.1. The van der Waals surface area contributed by atoms with E-state index in [1.165, 1.54) is 23.1 Å². The van der Waals surface area contributed by atoms with Gasteiger partial charge in [-0.25, -0.2) is 0 Å². The second-order valence-electron chi connectivity index (χ2n) is 8.03. The maximum atomic E-state index is 12.7. The largest absolute Gasteiger partial charge is 0.497 e. The molecule has 2 heterocycles. The van der Waals surface area contributed by atoms with Crippen molar-refractivity contribution in [1.82, 2.24) is 9.88 Å². The van der Waals surface area contributed by atoms with Crippen LogP contribution >= 0.6 is 0 Å². The molecular formula is C24H27F2N3O3. The maximum Gasteiger partial charge on any atom is 0.387 e. The number of rotatable bonds is 7. The van der Waals surface area contributed by atoms with Crippen molar-refractivity contribution in [2.45, 2.75) is 38.3 Å². The van der Waals surface area contributed by atoms with Crippen LogP contribution in [0, 0.1) is 0 Å². The molecule has 4 rings (SSSR count). The number of alkyl halides is 2. The second kappa shape index (κ2) is 9.56. The number of aromatic nitrogens is 1. The Kier molecular flexibility index (Phi) is 6.60. The highest BCUT2D eigenvalue weighted by atomic mass is 19.3. The van der Waals surface area contributed by atoms with Crippen molar-refractivity contribution in [3.8, 4) is 11.5 Å². The summed E-state index contributed by atoms with van der Waals surface area (Å²) in [6.07, 6.45) is 4.00. The minimum Gasteiger partial charge on any atom is -0.497 e. The van der Waals surface area contributed by atoms with Crippen molar-refractivity contribution in [2.75, 3.05) is 25.5 Å². The summed E-state index contributed by atoms with van der Waals surface area (Å²) in [7, 11) is 1.67. The smallest absolute Gasteiger partial charge is 0.387 e. The number of fused-ring (bicyclic) bond motifs is 1. The molecule has 0 bridgehead atoms. The molecule has 2 aromatic carbocycles. The van der Waals surface area contributed by atoms with Crippen LogP contribution in [0.4, 0.5) is 14.5 Å². The predicted molar refractivity (Wildman–Crippen MR) is 120 cm³/mol. The van der Waals surface area contributed by atoms with Crippen LogP contribution in [0.3, 0.4) is 0 Å². The maximum absolute atomic E-state index is 12.7. The third kappa shape index (κ3) is 4.85. The molecule has 1 saturated heterocycles. The fraction of sp³-hybridized carbons (Fsp3) is 0.375. The molecule has 1 amide bonds. The van der Waals surface area contributed by atoms with Gasteiger partial charge < -0.3 is 19.8 Å². The van der Waals surface area contributed by atoms with Crippen molar-refractivity contribution in [2.24, 2.45) is 0 Å². The normalized spacial score (nSPS) is 16.3. The van der Waals surface area contributed by atoms with Crippen molar-refractivity contribution in [3.63, 3.8) is 0 Å². The number of hydrogen-bond acceptors (Lipinski definition) is 4. The monoisotopic (exact) mass is 443 g/mol. The summed E-state index contributed by atoms with van der Waals surface area (Å²) in [5.74, 6) is 1.20. The number of hydrogen-bond donors (Lipinski definition) is 2. The number of halogens is 2. The van der Waals surface area contributed by atoms with Gasteiger partial charge in [0.1, 0.15) is 11.5 Å². The van der Waals surface area contributed by atoms with E-state index in [-0.39, 0.29) is 17.7 Å². The van der Waals surface area contributed by atoms with Gasteiger partial charge in [-0.3, -0.25) is 9.69 Å². The second-order valence-corrected chi connectivity index (χ2v) is 8.03. The van der Waals surface area contributed by atoms with Crippen LogP contribution in [0.5, 0.6) is 11.5 Å². The van der Waals surface area contributed by atoms with Gasteiger partial charge >= 0.3 is 6.61 Å². The van der Waals surface area contributed by atoms with Gasteiger partial charge in [0.2, 0.25) is 5.91 Å². The molecule has 6 nitrogen and oxygen atoms in total. The van der Waals surface area contributed by atoms with Gasteiger partial charge in [0, 0.05) is 22.8 Å². The fourth-order valence-electron chi connectivity index (χ4n) is 4.32. The fourth-order valence-corrected chi connectivity index (χ4v) is 4.32. The number of piperidine rings is 1. The van der Waals surface area contributed by atoms with E-state index in [1.54, 1.807) is 19.2 Å². The minimum atomic E-state index is -2.87. The number of nitrogens with one attached hydrogen (secondary N) is 2. The Morgan fingerprint density at radius 1 is 1.12 bits per heavy atom. The van der Waals surface area contributed by atoms with E-state index in [0.717, 1.165) is 37.2 Å². The van der Waals surface area contributed by atoms with Crippen LogP contribution in [0.2, 0.25) is 0 Å². The van der Waals surface area contributed by atoms with Crippen LogP contribution in [-0.2, 0) is 4.79 Å². The van der Waals surface area contributed by atoms with Crippen molar-refractivity contribution >= 4 is 22.5 Å². The lowest BCUT2D eigenvalue weighted by Crippen LogP contribution is -2.45. The molecule has 170 valence electrons. The number of amides is 1. The molecular weight excluding hydrogens is 416 g/mol. The highest BCUT2D eigenvalue weighted by Gasteiger charge is 2.28. The standard InChI is InChI=1S/C24H27F2N3O3/c1-15(23(30)28-17-3-5-18(6-4-17)32-24(25)26)29-11-9-16(10-12-29)21-14-27-22-8-7-19(31-2)13-20(21)22/h3-8,13-16,24,27H,9-12H2,1-2H3,(H,28,30). The average molecular weight is 443 g/mol. The first kappa shape index (κ1) is 22.1. The van der Waals surface area contributed by atoms with Gasteiger partial charge in [0.25, 0.3) is 0 Å². The van der Waals surface area contributed by atoms with Gasteiger partial charge in [0.05, 0.1) is 13.2 Å². The van der Waals surface area contributed by atoms with Crippen molar-refractivity contribution in [1.29, 1.82) is 0 Å². The number of carbonyl (C=O) groups is 1. The Labute approximate surface area is 185 Å². The minimum absolute atomic E-state index is 0.0584. The van der Waals surface area contributed by atoms with Crippen molar-refractivity contribution in [3.05, 3.63) is 54.2 Å². The summed E-state index contributed by atoms with van der Waals surface area (Å²) in [6.45, 7) is 0.652. The lowest BCUT2D eigenvalue weighted by atomic mass is 9.88. The topological polar surface area (TPSA) is 66.6 Å². The number of benzene rings is 2. The summed E-state index contributed by atoms with van der Waals surface area (Å²) < 4.78 is 34.2. The number of anilines is 1. The Morgan fingerprint density at radius 3 is 2.47 bits per heavy atom. The van der Waals surface area contributed by atoms with E-state index in [1.807, 2.05) is 19.1 Å². The molecule has 2 N–H and O–H groups in total. The van der Waals surface area contributed by atoms with E-state index >= 15 is 0 Å². The molecule has 0 saturated carbocycles. The van der Waals surface area contributed by atoms with Gasteiger partial charge in [0.15, 0.2) is 0 Å². The summed E-state index contributed by atoms with van der Waals surface area (Å²) in [5, 5.41) is 4.04. The molecule has 8 heteroatoms. The molecule has 1 unspecified atom stereocenters. The number of carbonyl (C=O) groups excluding carboxylic acids is 1. The van der Waals surface area contributed by atoms with Gasteiger partial charge in [-0.05, 0) is 86.8 Å². The van der Waals surface area contributed by atoms with E-state index in [9.17, 15) is 13.6 Å². The highest BCUT2D eigenvalue weighted by Crippen LogP contribution is 2.35. The third-order valence-electron chi connectivity index (χ3n) is 6.16. The molecule has 0 spiro atoms. The third-order valence-corrected chi connectivity index (χ3v) is 6.16. The first-order valence-corrected chi connectivity index (χ1v) is 10.7. The van der Waals surface area contributed by atoms with Crippen LogP contribution < -0.4 is 14.8 Å². The molecule has 0 radical (unpaired) electrons. The molecule has 3 aromatic rings. The molecule has 1 fully saturated rings. The molecule has 0 aliphatic carbocycles. The number of methoxy groups -OCH3 is 1. The molecule has 1 aliphatic heterocycles. The number of H-pyrrole nitrogens is 1. The summed E-state index contributed by atoms with van der Waals surface area (Å²) in [5.41, 5.74) is 2.94. The zero-order chi connectivity index (χ0) is 22.7. The first-order chi connectivity index (χ1) is 15.4. The Hall–Kier alpha value is -3.13. The SMILES string of the molecule is COc1ccc2[nH]cc(C3CCN(C(C)C(=O)Nc4ccc(OC(F)F)cc4)CC3)c2c1. The lowest BCUT2D eigenvalue weighted by Gasteiger charge is -2.35. The summed E-state index contributed by atoms with van der Waals surface area (Å²) in [4.78, 5) is 18.2. The molecule has 1 aliphatic rings. The van der Waals surface area contributed by atoms with E-state index < -0.39 is 6.61 Å².